The highest BCUT2D eigenvalue weighted by molar-refractivity contribution is 5.35. The van der Waals surface area contributed by atoms with Gasteiger partial charge in [0.05, 0.1) is 19.3 Å². The predicted octanol–water partition coefficient (Wildman–Crippen LogP) is 9.31. The van der Waals surface area contributed by atoms with E-state index >= 15 is 8.78 Å². The molecule has 0 aliphatic heterocycles. The van der Waals surface area contributed by atoms with Gasteiger partial charge in [-0.25, -0.2) is 17.6 Å². The Balaban J connectivity index is 1.15. The molecule has 0 amide bonds. The van der Waals surface area contributed by atoms with Gasteiger partial charge < -0.3 is 14.6 Å². The smallest absolute Gasteiger partial charge is 0.200 e. The standard InChI is InChI=1S/C33H34F6O3/c1-2-41-27-16-14-25(31(37)33(27)39)19-5-3-18(4-6-19)23-12-9-21(28(34)29(23)35)17-42-22-10-7-20(8-11-22)24-13-15-26(40)32(38)30(24)36/h9,12-16,18-20,22,40H,2-8,10-11,17H2,1H3. The third kappa shape index (κ3) is 6.12. The van der Waals surface area contributed by atoms with Crippen LogP contribution in [-0.4, -0.2) is 17.8 Å². The van der Waals surface area contributed by atoms with E-state index in [1.165, 1.54) is 18.2 Å². The van der Waals surface area contributed by atoms with Gasteiger partial charge in [0.25, 0.3) is 0 Å². The number of phenolic OH excluding ortho intramolecular Hbond substituents is 1. The number of hydrogen-bond acceptors (Lipinski definition) is 3. The number of hydrogen-bond donors (Lipinski definition) is 1. The average Bonchev–Trinajstić information content (AvgIpc) is 3.00. The summed E-state index contributed by atoms with van der Waals surface area (Å²) in [7, 11) is 0. The SMILES string of the molecule is CCOc1ccc(C2CCC(c3ccc(COC4CCC(c5ccc(O)c(F)c5F)CC4)c(F)c3F)CC2)c(F)c1F. The van der Waals surface area contributed by atoms with E-state index < -0.39 is 40.7 Å². The fourth-order valence-corrected chi connectivity index (χ4v) is 6.49. The molecule has 5 rings (SSSR count). The second-order valence-electron chi connectivity index (χ2n) is 11.3. The first-order valence-corrected chi connectivity index (χ1v) is 14.5. The molecule has 1 N–H and O–H groups in total. The van der Waals surface area contributed by atoms with E-state index in [9.17, 15) is 22.7 Å². The number of benzene rings is 3. The molecular formula is C33H34F6O3. The van der Waals surface area contributed by atoms with E-state index in [-0.39, 0.29) is 65.1 Å². The number of ether oxygens (including phenoxy) is 2. The Hall–Kier alpha value is -3.20. The Kier molecular flexibility index (Phi) is 9.35. The van der Waals surface area contributed by atoms with E-state index in [0.29, 0.717) is 51.4 Å². The monoisotopic (exact) mass is 592 g/mol. The predicted molar refractivity (Wildman–Crippen MR) is 146 cm³/mol. The first kappa shape index (κ1) is 30.3. The molecule has 3 nitrogen and oxygen atoms in total. The van der Waals surface area contributed by atoms with Crippen LogP contribution in [0.5, 0.6) is 11.5 Å². The van der Waals surface area contributed by atoms with Crippen LogP contribution in [0.1, 0.15) is 98.3 Å². The minimum atomic E-state index is -1.25. The molecule has 3 aromatic carbocycles. The van der Waals surface area contributed by atoms with Crippen LogP contribution in [0.25, 0.3) is 0 Å². The van der Waals surface area contributed by atoms with Crippen LogP contribution >= 0.6 is 0 Å². The van der Waals surface area contributed by atoms with Crippen molar-refractivity contribution in [2.75, 3.05) is 6.61 Å². The lowest BCUT2D eigenvalue weighted by Crippen LogP contribution is -2.22. The highest BCUT2D eigenvalue weighted by Gasteiger charge is 2.31. The molecule has 0 saturated heterocycles. The summed E-state index contributed by atoms with van der Waals surface area (Å²) >= 11 is 0. The summed E-state index contributed by atoms with van der Waals surface area (Å²) < 4.78 is 98.2. The first-order chi connectivity index (χ1) is 20.2. The minimum Gasteiger partial charge on any atom is -0.505 e. The van der Waals surface area contributed by atoms with Gasteiger partial charge >= 0.3 is 0 Å². The molecule has 2 aliphatic carbocycles. The Morgan fingerprint density at radius 3 is 1.64 bits per heavy atom. The Morgan fingerprint density at radius 1 is 0.595 bits per heavy atom. The summed E-state index contributed by atoms with van der Waals surface area (Å²) in [6.07, 6.45) is 4.02. The van der Waals surface area contributed by atoms with Crippen molar-refractivity contribution in [3.05, 3.63) is 93.6 Å². The van der Waals surface area contributed by atoms with Crippen molar-refractivity contribution >= 4 is 0 Å². The van der Waals surface area contributed by atoms with Crippen molar-refractivity contribution in [3.8, 4) is 11.5 Å². The van der Waals surface area contributed by atoms with E-state index in [4.69, 9.17) is 9.47 Å². The molecule has 42 heavy (non-hydrogen) atoms. The molecule has 226 valence electrons. The van der Waals surface area contributed by atoms with Gasteiger partial charge in [0.2, 0.25) is 11.6 Å². The molecule has 2 saturated carbocycles. The Morgan fingerprint density at radius 2 is 1.07 bits per heavy atom. The highest BCUT2D eigenvalue weighted by atomic mass is 19.2. The molecule has 0 unspecified atom stereocenters. The maximum absolute atomic E-state index is 15.2. The quantitative estimate of drug-likeness (QED) is 0.265. The maximum Gasteiger partial charge on any atom is 0.200 e. The van der Waals surface area contributed by atoms with Crippen LogP contribution < -0.4 is 4.74 Å². The summed E-state index contributed by atoms with van der Waals surface area (Å²) in [5.74, 6) is -7.59. The topological polar surface area (TPSA) is 38.7 Å². The van der Waals surface area contributed by atoms with Gasteiger partial charge in [0.1, 0.15) is 0 Å². The zero-order valence-electron chi connectivity index (χ0n) is 23.4. The lowest BCUT2D eigenvalue weighted by molar-refractivity contribution is 0.0116. The number of halogens is 6. The second-order valence-corrected chi connectivity index (χ2v) is 11.3. The normalized spacial score (nSPS) is 22.7. The molecule has 9 heteroatoms. The Bertz CT molecular complexity index is 1410. The summed E-state index contributed by atoms with van der Waals surface area (Å²) in [6.45, 7) is 1.80. The van der Waals surface area contributed by atoms with Crippen molar-refractivity contribution in [2.45, 2.75) is 88.8 Å². The molecule has 0 spiro atoms. The zero-order chi connectivity index (χ0) is 30.0. The number of aromatic hydroxyl groups is 1. The summed E-state index contributed by atoms with van der Waals surface area (Å²) in [5, 5.41) is 9.35. The summed E-state index contributed by atoms with van der Waals surface area (Å²) in [6, 6.07) is 8.62. The van der Waals surface area contributed by atoms with E-state index in [1.807, 2.05) is 0 Å². The van der Waals surface area contributed by atoms with Crippen molar-refractivity contribution in [2.24, 2.45) is 0 Å². The molecule has 0 atom stereocenters. The first-order valence-electron chi connectivity index (χ1n) is 14.5. The molecular weight excluding hydrogens is 558 g/mol. The van der Waals surface area contributed by atoms with Crippen molar-refractivity contribution in [1.82, 2.24) is 0 Å². The third-order valence-corrected chi connectivity index (χ3v) is 8.86. The van der Waals surface area contributed by atoms with Crippen LogP contribution in [0.3, 0.4) is 0 Å². The minimum absolute atomic E-state index is 0.102. The molecule has 0 bridgehead atoms. The highest BCUT2D eigenvalue weighted by Crippen LogP contribution is 2.43. The molecule has 0 radical (unpaired) electrons. The average molecular weight is 593 g/mol. The van der Waals surface area contributed by atoms with Crippen LogP contribution in [0, 0.1) is 34.9 Å². The van der Waals surface area contributed by atoms with Crippen LogP contribution in [0.2, 0.25) is 0 Å². The zero-order valence-corrected chi connectivity index (χ0v) is 23.4. The molecule has 2 aliphatic rings. The van der Waals surface area contributed by atoms with Gasteiger partial charge in [-0.3, -0.25) is 0 Å². The summed E-state index contributed by atoms with van der Waals surface area (Å²) in [4.78, 5) is 0. The summed E-state index contributed by atoms with van der Waals surface area (Å²) in [5.41, 5.74) is 0.878. The van der Waals surface area contributed by atoms with Crippen LogP contribution in [-0.2, 0) is 11.3 Å². The maximum atomic E-state index is 15.2. The van der Waals surface area contributed by atoms with Crippen molar-refractivity contribution in [1.29, 1.82) is 0 Å². The third-order valence-electron chi connectivity index (χ3n) is 8.86. The Labute approximate surface area is 241 Å². The van der Waals surface area contributed by atoms with Crippen LogP contribution in [0.15, 0.2) is 36.4 Å². The number of phenols is 1. The molecule has 0 aromatic heterocycles. The molecule has 2 fully saturated rings. The van der Waals surface area contributed by atoms with Crippen molar-refractivity contribution in [3.63, 3.8) is 0 Å². The van der Waals surface area contributed by atoms with Gasteiger partial charge in [-0.2, -0.15) is 8.78 Å². The van der Waals surface area contributed by atoms with E-state index in [2.05, 4.69) is 0 Å². The van der Waals surface area contributed by atoms with Crippen LogP contribution in [0.4, 0.5) is 26.3 Å². The largest absolute Gasteiger partial charge is 0.505 e. The van der Waals surface area contributed by atoms with Gasteiger partial charge in [0.15, 0.2) is 34.8 Å². The van der Waals surface area contributed by atoms with Crippen molar-refractivity contribution < 1.29 is 40.9 Å². The van der Waals surface area contributed by atoms with Gasteiger partial charge in [-0.1, -0.05) is 24.3 Å². The molecule has 0 heterocycles. The lowest BCUT2D eigenvalue weighted by Gasteiger charge is -2.30. The second kappa shape index (κ2) is 13.0. The van der Waals surface area contributed by atoms with Gasteiger partial charge in [0, 0.05) is 5.56 Å². The fraction of sp³-hybridized carbons (Fsp3) is 0.455. The van der Waals surface area contributed by atoms with E-state index in [0.717, 1.165) is 6.07 Å². The lowest BCUT2D eigenvalue weighted by atomic mass is 9.75. The van der Waals surface area contributed by atoms with Gasteiger partial charge in [-0.05, 0) is 105 Å². The number of rotatable bonds is 8. The molecule has 3 aromatic rings. The van der Waals surface area contributed by atoms with E-state index in [1.54, 1.807) is 19.1 Å². The fourth-order valence-electron chi connectivity index (χ4n) is 6.49. The van der Waals surface area contributed by atoms with Gasteiger partial charge in [-0.15, -0.1) is 0 Å².